The number of hydrogen-bond acceptors (Lipinski definition) is 5. The zero-order valence-corrected chi connectivity index (χ0v) is 13.7. The summed E-state index contributed by atoms with van der Waals surface area (Å²) in [5.41, 5.74) is 0. The normalized spacial score (nSPS) is 27.4. The molecule has 2 heterocycles. The Balaban J connectivity index is 1.78. The number of likely N-dealkylation sites (tertiary alicyclic amines) is 1. The monoisotopic (exact) mass is 332 g/mol. The molecule has 7 nitrogen and oxygen atoms in total. The highest BCUT2D eigenvalue weighted by Gasteiger charge is 2.31. The summed E-state index contributed by atoms with van der Waals surface area (Å²) in [7, 11) is -2.92. The molecule has 2 aliphatic heterocycles. The Labute approximate surface area is 131 Å². The van der Waals surface area contributed by atoms with Gasteiger partial charge in [-0.25, -0.2) is 13.2 Å². The van der Waals surface area contributed by atoms with E-state index in [0.29, 0.717) is 32.7 Å². The average Bonchev–Trinajstić information content (AvgIpc) is 2.84. The van der Waals surface area contributed by atoms with Crippen LogP contribution in [0.2, 0.25) is 0 Å². The Kier molecular flexibility index (Phi) is 5.66. The van der Waals surface area contributed by atoms with E-state index < -0.39 is 9.84 Å². The van der Waals surface area contributed by atoms with Crippen LogP contribution < -0.4 is 5.32 Å². The Morgan fingerprint density at radius 3 is 2.73 bits per heavy atom. The van der Waals surface area contributed by atoms with Gasteiger partial charge in [0.2, 0.25) is 0 Å². The number of nitrogens with one attached hydrogen (secondary N) is 1. The van der Waals surface area contributed by atoms with Gasteiger partial charge < -0.3 is 15.0 Å². The summed E-state index contributed by atoms with van der Waals surface area (Å²) in [6.45, 7) is 3.47. The lowest BCUT2D eigenvalue weighted by atomic mass is 9.98. The first-order valence-corrected chi connectivity index (χ1v) is 9.63. The first-order valence-electron chi connectivity index (χ1n) is 7.81. The van der Waals surface area contributed by atoms with Crippen LogP contribution in [0.1, 0.15) is 26.2 Å². The number of carbonyl (C=O) groups is 2. The van der Waals surface area contributed by atoms with Crippen molar-refractivity contribution in [1.29, 1.82) is 0 Å². The number of piperidine rings is 1. The van der Waals surface area contributed by atoms with Gasteiger partial charge in [-0.15, -0.1) is 0 Å². The number of urea groups is 1. The number of amides is 2. The molecule has 8 heteroatoms. The lowest BCUT2D eigenvalue weighted by Crippen LogP contribution is -2.48. The lowest BCUT2D eigenvalue weighted by Gasteiger charge is -2.31. The average molecular weight is 332 g/mol. The van der Waals surface area contributed by atoms with Gasteiger partial charge >= 0.3 is 12.0 Å². The van der Waals surface area contributed by atoms with Crippen LogP contribution in [0.5, 0.6) is 0 Å². The van der Waals surface area contributed by atoms with Gasteiger partial charge in [0.25, 0.3) is 0 Å². The molecule has 2 aliphatic rings. The molecule has 1 N–H and O–H groups in total. The number of carbonyl (C=O) groups excluding carboxylic acids is 2. The van der Waals surface area contributed by atoms with E-state index in [9.17, 15) is 18.0 Å². The van der Waals surface area contributed by atoms with E-state index in [1.54, 1.807) is 11.8 Å². The smallest absolute Gasteiger partial charge is 0.317 e. The van der Waals surface area contributed by atoms with Crippen molar-refractivity contribution in [3.8, 4) is 0 Å². The molecule has 2 rings (SSSR count). The zero-order chi connectivity index (χ0) is 16.2. The molecule has 2 atom stereocenters. The molecule has 2 saturated heterocycles. The predicted molar refractivity (Wildman–Crippen MR) is 81.1 cm³/mol. The second-order valence-electron chi connectivity index (χ2n) is 5.99. The fourth-order valence-corrected chi connectivity index (χ4v) is 4.85. The van der Waals surface area contributed by atoms with Gasteiger partial charge in [-0.1, -0.05) is 0 Å². The number of esters is 1. The summed E-state index contributed by atoms with van der Waals surface area (Å²) in [4.78, 5) is 25.5. The third-order valence-corrected chi connectivity index (χ3v) is 6.03. The number of hydrogen-bond donors (Lipinski definition) is 1. The number of sulfone groups is 1. The first-order chi connectivity index (χ1) is 10.4. The van der Waals surface area contributed by atoms with E-state index >= 15 is 0 Å². The molecule has 0 radical (unpaired) electrons. The van der Waals surface area contributed by atoms with E-state index in [2.05, 4.69) is 5.32 Å². The van der Waals surface area contributed by atoms with Crippen molar-refractivity contribution in [3.63, 3.8) is 0 Å². The Morgan fingerprint density at radius 2 is 2.09 bits per heavy atom. The molecule has 0 aromatic rings. The fourth-order valence-electron chi connectivity index (χ4n) is 2.99. The maximum absolute atomic E-state index is 12.2. The maximum Gasteiger partial charge on any atom is 0.317 e. The van der Waals surface area contributed by atoms with E-state index in [-0.39, 0.29) is 35.3 Å². The van der Waals surface area contributed by atoms with Crippen molar-refractivity contribution in [2.75, 3.05) is 37.7 Å². The van der Waals surface area contributed by atoms with Crippen LogP contribution in [0.25, 0.3) is 0 Å². The molecule has 2 fully saturated rings. The molecule has 2 unspecified atom stereocenters. The quantitative estimate of drug-likeness (QED) is 0.753. The van der Waals surface area contributed by atoms with E-state index in [1.165, 1.54) is 0 Å². The lowest BCUT2D eigenvalue weighted by molar-refractivity contribution is -0.149. The van der Waals surface area contributed by atoms with E-state index in [0.717, 1.165) is 12.8 Å². The van der Waals surface area contributed by atoms with Crippen molar-refractivity contribution in [3.05, 3.63) is 0 Å². The second kappa shape index (κ2) is 7.30. The molecule has 0 bridgehead atoms. The number of nitrogens with zero attached hydrogens (tertiary/aromatic N) is 1. The topological polar surface area (TPSA) is 92.8 Å². The molecular formula is C14H24N2O5S. The van der Waals surface area contributed by atoms with Crippen LogP contribution >= 0.6 is 0 Å². The Morgan fingerprint density at radius 1 is 1.32 bits per heavy atom. The Hall–Kier alpha value is -1.31. The van der Waals surface area contributed by atoms with Gasteiger partial charge in [-0.3, -0.25) is 4.79 Å². The SMILES string of the molecule is CCOC(=O)C1CCCN(C(=O)NCC2CCS(=O)(=O)C2)C1. The van der Waals surface area contributed by atoms with Gasteiger partial charge in [0.1, 0.15) is 0 Å². The maximum atomic E-state index is 12.2. The summed E-state index contributed by atoms with van der Waals surface area (Å²) < 4.78 is 27.8. The van der Waals surface area contributed by atoms with Gasteiger partial charge in [0.05, 0.1) is 24.0 Å². The summed E-state index contributed by atoms with van der Waals surface area (Å²) in [5.74, 6) is -0.145. The van der Waals surface area contributed by atoms with Crippen LogP contribution in [0.4, 0.5) is 4.79 Å². The van der Waals surface area contributed by atoms with E-state index in [1.807, 2.05) is 0 Å². The second-order valence-corrected chi connectivity index (χ2v) is 8.22. The summed E-state index contributed by atoms with van der Waals surface area (Å²) >= 11 is 0. The summed E-state index contributed by atoms with van der Waals surface area (Å²) in [5, 5.41) is 2.79. The van der Waals surface area contributed by atoms with Crippen molar-refractivity contribution < 1.29 is 22.7 Å². The first kappa shape index (κ1) is 17.1. The molecular weight excluding hydrogens is 308 g/mol. The minimum Gasteiger partial charge on any atom is -0.466 e. The van der Waals surface area contributed by atoms with E-state index in [4.69, 9.17) is 4.74 Å². The van der Waals surface area contributed by atoms with Crippen LogP contribution in [-0.4, -0.2) is 63.1 Å². The third kappa shape index (κ3) is 4.59. The van der Waals surface area contributed by atoms with Crippen LogP contribution in [0.15, 0.2) is 0 Å². The minimum absolute atomic E-state index is 0.000376. The van der Waals surface area contributed by atoms with Gasteiger partial charge in [-0.2, -0.15) is 0 Å². The highest BCUT2D eigenvalue weighted by molar-refractivity contribution is 7.91. The molecule has 0 aliphatic carbocycles. The van der Waals surface area contributed by atoms with Gasteiger partial charge in [0, 0.05) is 19.6 Å². The molecule has 0 saturated carbocycles. The fraction of sp³-hybridized carbons (Fsp3) is 0.857. The van der Waals surface area contributed by atoms with Crippen molar-refractivity contribution in [2.45, 2.75) is 26.2 Å². The van der Waals surface area contributed by atoms with Crippen molar-refractivity contribution in [1.82, 2.24) is 10.2 Å². The highest BCUT2D eigenvalue weighted by atomic mass is 32.2. The van der Waals surface area contributed by atoms with Gasteiger partial charge in [0.15, 0.2) is 9.84 Å². The number of rotatable bonds is 4. The molecule has 2 amide bonds. The summed E-state index contributed by atoms with van der Waals surface area (Å²) in [6, 6.07) is -0.224. The molecule has 0 aromatic carbocycles. The van der Waals surface area contributed by atoms with Crippen molar-refractivity contribution in [2.24, 2.45) is 11.8 Å². The Bertz CT molecular complexity index is 519. The molecule has 0 spiro atoms. The zero-order valence-electron chi connectivity index (χ0n) is 12.9. The van der Waals surface area contributed by atoms with Crippen LogP contribution in [-0.2, 0) is 19.4 Å². The highest BCUT2D eigenvalue weighted by Crippen LogP contribution is 2.19. The number of ether oxygens (including phenoxy) is 1. The van der Waals surface area contributed by atoms with Crippen LogP contribution in [0.3, 0.4) is 0 Å². The largest absolute Gasteiger partial charge is 0.466 e. The standard InChI is InChI=1S/C14H24N2O5S/c1-2-21-13(17)12-4-3-6-16(9-12)14(18)15-8-11-5-7-22(19,20)10-11/h11-12H,2-10H2,1H3,(H,15,18). The van der Waals surface area contributed by atoms with Crippen molar-refractivity contribution >= 4 is 21.8 Å². The predicted octanol–water partition coefficient (Wildman–Crippen LogP) is 0.406. The molecule has 0 aromatic heterocycles. The molecule has 126 valence electrons. The summed E-state index contributed by atoms with van der Waals surface area (Å²) in [6.07, 6.45) is 2.12. The van der Waals surface area contributed by atoms with Crippen LogP contribution in [0, 0.1) is 11.8 Å². The third-order valence-electron chi connectivity index (χ3n) is 4.20. The molecule has 22 heavy (non-hydrogen) atoms. The van der Waals surface area contributed by atoms with Gasteiger partial charge in [-0.05, 0) is 32.1 Å². The minimum atomic E-state index is -2.92.